The van der Waals surface area contributed by atoms with Gasteiger partial charge in [0.05, 0.1) is 21.2 Å². The van der Waals surface area contributed by atoms with Crippen LogP contribution in [0.4, 0.5) is 19.6 Å². The van der Waals surface area contributed by atoms with Gasteiger partial charge in [0.2, 0.25) is 0 Å². The molecular weight excluding hydrogens is 416 g/mol. The molecule has 144 valence electrons. The third kappa shape index (κ3) is 4.41. The average Bonchev–Trinajstić information content (AvgIpc) is 3.09. The Morgan fingerprint density at radius 2 is 2.04 bits per heavy atom. The zero-order valence-electron chi connectivity index (χ0n) is 13.8. The molecule has 0 bridgehead atoms. The first-order chi connectivity index (χ1) is 13.3. The minimum absolute atomic E-state index is 0.0328. The summed E-state index contributed by atoms with van der Waals surface area (Å²) in [6.07, 6.45) is 0. The van der Waals surface area contributed by atoms with E-state index in [4.69, 9.17) is 11.6 Å². The molecule has 0 aliphatic carbocycles. The van der Waals surface area contributed by atoms with E-state index in [-0.39, 0.29) is 27.2 Å². The number of non-ortho nitro benzene ring substituents is 1. The Hall–Kier alpha value is -3.11. The number of para-hydroxylation sites is 1. The van der Waals surface area contributed by atoms with Gasteiger partial charge in [0, 0.05) is 23.1 Å². The molecule has 0 aliphatic heterocycles. The molecule has 28 heavy (non-hydrogen) atoms. The number of alkyl halides is 2. The largest absolute Gasteiger partial charge is 0.434 e. The molecule has 3 rings (SSSR count). The number of ether oxygens (including phenoxy) is 1. The van der Waals surface area contributed by atoms with Gasteiger partial charge in [0.25, 0.3) is 11.6 Å². The molecule has 0 fully saturated rings. The second-order valence-electron chi connectivity index (χ2n) is 5.29. The van der Waals surface area contributed by atoms with E-state index >= 15 is 0 Å². The maximum Gasteiger partial charge on any atom is 0.387 e. The Kier molecular flexibility index (Phi) is 5.81. The minimum atomic E-state index is -2.98. The summed E-state index contributed by atoms with van der Waals surface area (Å²) >= 11 is 7.01. The predicted octanol–water partition coefficient (Wildman–Crippen LogP) is 5.23. The van der Waals surface area contributed by atoms with Crippen molar-refractivity contribution in [3.8, 4) is 17.0 Å². The smallest absolute Gasteiger partial charge is 0.387 e. The molecule has 0 radical (unpaired) electrons. The molecule has 1 N–H and O–H groups in total. The monoisotopic (exact) mass is 425 g/mol. The first-order valence-corrected chi connectivity index (χ1v) is 8.86. The molecule has 0 unspecified atom stereocenters. The van der Waals surface area contributed by atoms with Crippen LogP contribution in [0.15, 0.2) is 47.8 Å². The number of carbonyl (C=O) groups excluding carboxylic acids is 1. The summed E-state index contributed by atoms with van der Waals surface area (Å²) in [5.74, 6) is -0.656. The lowest BCUT2D eigenvalue weighted by Crippen LogP contribution is -2.12. The van der Waals surface area contributed by atoms with Gasteiger partial charge >= 0.3 is 6.61 Å². The number of nitrogens with zero attached hydrogens (tertiary/aromatic N) is 2. The number of amides is 1. The van der Waals surface area contributed by atoms with Gasteiger partial charge in [-0.1, -0.05) is 23.7 Å². The molecular formula is C17H10ClF2N3O4S. The van der Waals surface area contributed by atoms with Crippen LogP contribution in [0.1, 0.15) is 10.4 Å². The number of anilines is 1. The van der Waals surface area contributed by atoms with E-state index in [0.29, 0.717) is 11.3 Å². The fourth-order valence-electron chi connectivity index (χ4n) is 2.30. The van der Waals surface area contributed by atoms with E-state index in [0.717, 1.165) is 23.5 Å². The second kappa shape index (κ2) is 8.28. The lowest BCUT2D eigenvalue weighted by molar-refractivity contribution is -0.384. The van der Waals surface area contributed by atoms with E-state index in [1.165, 1.54) is 12.1 Å². The Morgan fingerprint density at radius 1 is 1.29 bits per heavy atom. The molecule has 0 saturated carbocycles. The van der Waals surface area contributed by atoms with E-state index in [2.05, 4.69) is 15.0 Å². The van der Waals surface area contributed by atoms with Crippen LogP contribution in [-0.2, 0) is 0 Å². The number of hydrogen-bond donors (Lipinski definition) is 1. The van der Waals surface area contributed by atoms with Crippen molar-refractivity contribution in [2.75, 3.05) is 5.32 Å². The topological polar surface area (TPSA) is 94.4 Å². The van der Waals surface area contributed by atoms with Crippen molar-refractivity contribution in [2.45, 2.75) is 6.61 Å². The minimum Gasteiger partial charge on any atom is -0.434 e. The Balaban J connectivity index is 1.80. The van der Waals surface area contributed by atoms with Gasteiger partial charge < -0.3 is 4.74 Å². The van der Waals surface area contributed by atoms with Crippen molar-refractivity contribution in [2.24, 2.45) is 0 Å². The summed E-state index contributed by atoms with van der Waals surface area (Å²) in [5.41, 5.74) is 0.471. The molecule has 11 heteroatoms. The number of thiazole rings is 1. The fraction of sp³-hybridized carbons (Fsp3) is 0.0588. The van der Waals surface area contributed by atoms with Gasteiger partial charge in [-0.05, 0) is 18.2 Å². The zero-order chi connectivity index (χ0) is 20.3. The summed E-state index contributed by atoms with van der Waals surface area (Å²) < 4.78 is 29.6. The van der Waals surface area contributed by atoms with Crippen LogP contribution >= 0.6 is 22.9 Å². The van der Waals surface area contributed by atoms with Gasteiger partial charge in [-0.15, -0.1) is 11.3 Å². The highest BCUT2D eigenvalue weighted by Crippen LogP contribution is 2.33. The van der Waals surface area contributed by atoms with E-state index in [9.17, 15) is 23.7 Å². The van der Waals surface area contributed by atoms with Crippen molar-refractivity contribution in [1.29, 1.82) is 0 Å². The molecule has 0 aliphatic rings. The van der Waals surface area contributed by atoms with E-state index < -0.39 is 17.4 Å². The molecule has 0 atom stereocenters. The molecule has 0 saturated heterocycles. The summed E-state index contributed by atoms with van der Waals surface area (Å²) in [7, 11) is 0. The number of halogens is 3. The van der Waals surface area contributed by atoms with Crippen LogP contribution in [-0.4, -0.2) is 22.4 Å². The number of nitrogens with one attached hydrogen (secondary N) is 1. The first-order valence-electron chi connectivity index (χ1n) is 7.60. The van der Waals surface area contributed by atoms with Gasteiger partial charge in [0.15, 0.2) is 5.13 Å². The van der Waals surface area contributed by atoms with Gasteiger partial charge in [-0.25, -0.2) is 4.98 Å². The molecule has 1 aromatic heterocycles. The standard InChI is InChI=1S/C17H10ClF2N3O4S/c18-12-7-9(23(25)26)5-6-10(12)15(24)22-17-21-13(8-28-17)11-3-1-2-4-14(11)27-16(19)20/h1-8,16H,(H,21,22,24). The van der Waals surface area contributed by atoms with Gasteiger partial charge in [-0.2, -0.15) is 8.78 Å². The van der Waals surface area contributed by atoms with Crippen LogP contribution in [0.25, 0.3) is 11.3 Å². The third-order valence-electron chi connectivity index (χ3n) is 3.51. The van der Waals surface area contributed by atoms with E-state index in [1.807, 2.05) is 0 Å². The number of hydrogen-bond acceptors (Lipinski definition) is 6. The molecule has 2 aromatic carbocycles. The highest BCUT2D eigenvalue weighted by Gasteiger charge is 2.18. The average molecular weight is 426 g/mol. The van der Waals surface area contributed by atoms with Crippen LogP contribution < -0.4 is 10.1 Å². The SMILES string of the molecule is O=C(Nc1nc(-c2ccccc2OC(F)F)cs1)c1ccc([N+](=O)[O-])cc1Cl. The number of nitro groups is 1. The van der Waals surface area contributed by atoms with Crippen LogP contribution in [0.3, 0.4) is 0 Å². The number of rotatable bonds is 6. The number of aromatic nitrogens is 1. The van der Waals surface area contributed by atoms with Crippen molar-refractivity contribution in [1.82, 2.24) is 4.98 Å². The molecule has 0 spiro atoms. The predicted molar refractivity (Wildman–Crippen MR) is 100 cm³/mol. The van der Waals surface area contributed by atoms with Gasteiger partial charge in [0.1, 0.15) is 5.75 Å². The van der Waals surface area contributed by atoms with Crippen LogP contribution in [0.2, 0.25) is 5.02 Å². The summed E-state index contributed by atoms with van der Waals surface area (Å²) in [4.78, 5) is 26.7. The fourth-order valence-corrected chi connectivity index (χ4v) is 3.26. The van der Waals surface area contributed by atoms with Crippen LogP contribution in [0, 0.1) is 10.1 Å². The van der Waals surface area contributed by atoms with E-state index in [1.54, 1.807) is 23.6 Å². The Morgan fingerprint density at radius 3 is 2.71 bits per heavy atom. The summed E-state index contributed by atoms with van der Waals surface area (Å²) in [6, 6.07) is 9.60. The normalized spacial score (nSPS) is 10.7. The highest BCUT2D eigenvalue weighted by atomic mass is 35.5. The number of benzene rings is 2. The highest BCUT2D eigenvalue weighted by molar-refractivity contribution is 7.14. The number of carbonyl (C=O) groups is 1. The molecule has 7 nitrogen and oxygen atoms in total. The summed E-state index contributed by atoms with van der Waals surface area (Å²) in [6.45, 7) is -2.98. The van der Waals surface area contributed by atoms with Gasteiger partial charge in [-0.3, -0.25) is 20.2 Å². The second-order valence-corrected chi connectivity index (χ2v) is 6.55. The quantitative estimate of drug-likeness (QED) is 0.431. The maximum absolute atomic E-state index is 12.5. The molecule has 1 amide bonds. The first kappa shape index (κ1) is 19.6. The zero-order valence-corrected chi connectivity index (χ0v) is 15.3. The lowest BCUT2D eigenvalue weighted by Gasteiger charge is -2.08. The molecule has 1 heterocycles. The maximum atomic E-state index is 12.5. The lowest BCUT2D eigenvalue weighted by atomic mass is 10.1. The molecule has 3 aromatic rings. The Bertz CT molecular complexity index is 1040. The number of nitro benzene ring substituents is 1. The third-order valence-corrected chi connectivity index (χ3v) is 4.58. The van der Waals surface area contributed by atoms with Crippen molar-refractivity contribution in [3.05, 3.63) is 68.5 Å². The van der Waals surface area contributed by atoms with Crippen molar-refractivity contribution in [3.63, 3.8) is 0 Å². The summed E-state index contributed by atoms with van der Waals surface area (Å²) in [5, 5.41) is 14.9. The van der Waals surface area contributed by atoms with Crippen molar-refractivity contribution < 1.29 is 23.2 Å². The van der Waals surface area contributed by atoms with Crippen LogP contribution in [0.5, 0.6) is 5.75 Å². The Labute approximate surface area is 165 Å². The van der Waals surface area contributed by atoms with Crippen molar-refractivity contribution >= 4 is 39.7 Å².